The summed E-state index contributed by atoms with van der Waals surface area (Å²) in [6, 6.07) is 0. The van der Waals surface area contributed by atoms with Gasteiger partial charge in [0.1, 0.15) is 0 Å². The molecule has 1 aliphatic rings. The molecule has 1 aromatic rings. The van der Waals surface area contributed by atoms with Crippen LogP contribution in [0, 0.1) is 0 Å². The number of carbonyl (C=O) groups is 1. The molecule has 82 valence electrons. The lowest BCUT2D eigenvalue weighted by atomic mass is 10.0. The van der Waals surface area contributed by atoms with Crippen LogP contribution in [0.1, 0.15) is 36.2 Å². The van der Waals surface area contributed by atoms with Crippen LogP contribution in [0.25, 0.3) is 0 Å². The zero-order chi connectivity index (χ0) is 10.7. The molecule has 1 amide bonds. The first-order valence-electron chi connectivity index (χ1n) is 4.91. The number of halogens is 1. The topological polar surface area (TPSA) is 54.9 Å². The van der Waals surface area contributed by atoms with E-state index in [1.807, 2.05) is 0 Å². The molecule has 1 fully saturated rings. The van der Waals surface area contributed by atoms with Gasteiger partial charge in [0.15, 0.2) is 5.69 Å². The zero-order valence-corrected chi connectivity index (χ0v) is 9.77. The molecular formula is C9H12ClN3OS. The van der Waals surface area contributed by atoms with E-state index in [1.54, 1.807) is 5.38 Å². The Bertz CT molecular complexity index is 335. The molecule has 4 nitrogen and oxygen atoms in total. The van der Waals surface area contributed by atoms with E-state index in [2.05, 4.69) is 14.9 Å². The molecule has 0 bridgehead atoms. The largest absolute Gasteiger partial charge is 0.344 e. The van der Waals surface area contributed by atoms with Gasteiger partial charge in [-0.1, -0.05) is 17.3 Å². The lowest BCUT2D eigenvalue weighted by molar-refractivity contribution is 0.0904. The Morgan fingerprint density at radius 2 is 2.33 bits per heavy atom. The minimum absolute atomic E-state index is 0.161. The highest BCUT2D eigenvalue weighted by molar-refractivity contribution is 7.03. The number of rotatable bonds is 3. The average molecular weight is 246 g/mol. The lowest BCUT2D eigenvalue weighted by Crippen LogP contribution is -2.48. The third kappa shape index (κ3) is 2.29. The Balaban J connectivity index is 2.04. The first-order chi connectivity index (χ1) is 7.26. The normalized spacial score (nSPS) is 19.0. The highest BCUT2D eigenvalue weighted by atomic mass is 35.5. The molecule has 1 N–H and O–H groups in total. The SMILES string of the molecule is O=C(NC1(CCl)CCCC1)c1csnn1. The van der Waals surface area contributed by atoms with Gasteiger partial charge in [-0.15, -0.1) is 16.7 Å². The van der Waals surface area contributed by atoms with Gasteiger partial charge < -0.3 is 5.32 Å². The fraction of sp³-hybridized carbons (Fsp3) is 0.667. The fourth-order valence-electron chi connectivity index (χ4n) is 1.91. The van der Waals surface area contributed by atoms with Crippen molar-refractivity contribution in [3.05, 3.63) is 11.1 Å². The first kappa shape index (κ1) is 10.8. The molecule has 1 heterocycles. The lowest BCUT2D eigenvalue weighted by Gasteiger charge is -2.27. The van der Waals surface area contributed by atoms with Gasteiger partial charge in [-0.25, -0.2) is 0 Å². The second-order valence-corrected chi connectivity index (χ2v) is 4.74. The van der Waals surface area contributed by atoms with E-state index in [1.165, 1.54) is 11.5 Å². The molecule has 1 saturated carbocycles. The van der Waals surface area contributed by atoms with Crippen molar-refractivity contribution in [1.29, 1.82) is 0 Å². The Hall–Kier alpha value is -0.680. The maximum atomic E-state index is 11.8. The molecule has 0 radical (unpaired) electrons. The Morgan fingerprint density at radius 1 is 1.60 bits per heavy atom. The van der Waals surface area contributed by atoms with Crippen molar-refractivity contribution in [1.82, 2.24) is 14.9 Å². The molecule has 0 unspecified atom stereocenters. The van der Waals surface area contributed by atoms with Gasteiger partial charge in [-0.3, -0.25) is 4.79 Å². The minimum Gasteiger partial charge on any atom is -0.344 e. The van der Waals surface area contributed by atoms with Gasteiger partial charge >= 0.3 is 0 Å². The molecule has 0 saturated heterocycles. The standard InChI is InChI=1S/C9H12ClN3OS/c10-6-9(3-1-2-4-9)11-8(14)7-5-15-13-12-7/h5H,1-4,6H2,(H,11,14). The second-order valence-electron chi connectivity index (χ2n) is 3.87. The summed E-state index contributed by atoms with van der Waals surface area (Å²) in [6.07, 6.45) is 4.17. The zero-order valence-electron chi connectivity index (χ0n) is 8.20. The van der Waals surface area contributed by atoms with Crippen molar-refractivity contribution in [3.8, 4) is 0 Å². The van der Waals surface area contributed by atoms with Crippen molar-refractivity contribution in [2.24, 2.45) is 0 Å². The Morgan fingerprint density at radius 3 is 2.87 bits per heavy atom. The monoisotopic (exact) mass is 245 g/mol. The number of nitrogens with one attached hydrogen (secondary N) is 1. The average Bonchev–Trinajstić information content (AvgIpc) is 2.88. The van der Waals surface area contributed by atoms with Crippen molar-refractivity contribution >= 4 is 29.0 Å². The number of nitrogens with zero attached hydrogens (tertiary/aromatic N) is 2. The highest BCUT2D eigenvalue weighted by Gasteiger charge is 2.35. The predicted molar refractivity (Wildman–Crippen MR) is 59.3 cm³/mol. The molecule has 15 heavy (non-hydrogen) atoms. The van der Waals surface area contributed by atoms with Crippen LogP contribution in [0.3, 0.4) is 0 Å². The number of alkyl halides is 1. The highest BCUT2D eigenvalue weighted by Crippen LogP contribution is 2.30. The summed E-state index contributed by atoms with van der Waals surface area (Å²) in [7, 11) is 0. The minimum atomic E-state index is -0.220. The number of carbonyl (C=O) groups excluding carboxylic acids is 1. The smallest absolute Gasteiger partial charge is 0.273 e. The third-order valence-electron chi connectivity index (χ3n) is 2.79. The molecule has 2 rings (SSSR count). The first-order valence-corrected chi connectivity index (χ1v) is 6.28. The van der Waals surface area contributed by atoms with Crippen LogP contribution in [-0.2, 0) is 0 Å². The summed E-state index contributed by atoms with van der Waals surface area (Å²) >= 11 is 7.10. The number of amides is 1. The van der Waals surface area contributed by atoms with E-state index >= 15 is 0 Å². The quantitative estimate of drug-likeness (QED) is 0.827. The van der Waals surface area contributed by atoms with Gasteiger partial charge in [-0.05, 0) is 24.4 Å². The molecule has 1 aliphatic carbocycles. The number of aromatic nitrogens is 2. The molecule has 0 spiro atoms. The maximum absolute atomic E-state index is 11.8. The Kier molecular flexibility index (Phi) is 3.21. The predicted octanol–water partition coefficient (Wildman–Crippen LogP) is 1.82. The summed E-state index contributed by atoms with van der Waals surface area (Å²) in [5.74, 6) is 0.308. The maximum Gasteiger partial charge on any atom is 0.273 e. The van der Waals surface area contributed by atoms with E-state index < -0.39 is 0 Å². The molecule has 0 aliphatic heterocycles. The van der Waals surface area contributed by atoms with Crippen molar-refractivity contribution in [2.75, 3.05) is 5.88 Å². The second kappa shape index (κ2) is 4.45. The van der Waals surface area contributed by atoms with Crippen LogP contribution in [0.4, 0.5) is 0 Å². The fourth-order valence-corrected chi connectivity index (χ4v) is 2.68. The molecular weight excluding hydrogens is 234 g/mol. The van der Waals surface area contributed by atoms with Crippen molar-refractivity contribution < 1.29 is 4.79 Å². The van der Waals surface area contributed by atoms with E-state index in [0.717, 1.165) is 25.7 Å². The summed E-state index contributed by atoms with van der Waals surface area (Å²) in [5, 5.41) is 8.36. The van der Waals surface area contributed by atoms with Crippen LogP contribution in [0.15, 0.2) is 5.38 Å². The summed E-state index contributed by atoms with van der Waals surface area (Å²) in [4.78, 5) is 11.8. The summed E-state index contributed by atoms with van der Waals surface area (Å²) < 4.78 is 3.66. The van der Waals surface area contributed by atoms with Crippen LogP contribution >= 0.6 is 23.1 Å². The van der Waals surface area contributed by atoms with E-state index in [-0.39, 0.29) is 11.4 Å². The molecule has 0 aromatic carbocycles. The van der Waals surface area contributed by atoms with Crippen LogP contribution in [-0.4, -0.2) is 26.9 Å². The summed E-state index contributed by atoms with van der Waals surface area (Å²) in [6.45, 7) is 0. The van der Waals surface area contributed by atoms with Gasteiger partial charge in [0.2, 0.25) is 0 Å². The van der Waals surface area contributed by atoms with Crippen molar-refractivity contribution in [3.63, 3.8) is 0 Å². The van der Waals surface area contributed by atoms with Crippen LogP contribution < -0.4 is 5.32 Å². The summed E-state index contributed by atoms with van der Waals surface area (Å²) in [5.41, 5.74) is 0.166. The van der Waals surface area contributed by atoms with Crippen LogP contribution in [0.5, 0.6) is 0 Å². The Labute approximate surface area is 97.2 Å². The van der Waals surface area contributed by atoms with Gasteiger partial charge in [0.25, 0.3) is 5.91 Å². The molecule has 0 atom stereocenters. The van der Waals surface area contributed by atoms with E-state index in [0.29, 0.717) is 11.6 Å². The van der Waals surface area contributed by atoms with Gasteiger partial charge in [-0.2, -0.15) is 0 Å². The molecule has 1 aromatic heterocycles. The van der Waals surface area contributed by atoms with E-state index in [9.17, 15) is 4.79 Å². The van der Waals surface area contributed by atoms with Gasteiger partial charge in [0.05, 0.1) is 5.54 Å². The van der Waals surface area contributed by atoms with Crippen molar-refractivity contribution in [2.45, 2.75) is 31.2 Å². The van der Waals surface area contributed by atoms with E-state index in [4.69, 9.17) is 11.6 Å². The van der Waals surface area contributed by atoms with Gasteiger partial charge in [0, 0.05) is 11.3 Å². The third-order valence-corrected chi connectivity index (χ3v) is 3.80. The molecule has 6 heteroatoms. The number of hydrogen-bond donors (Lipinski definition) is 1. The number of hydrogen-bond acceptors (Lipinski definition) is 4. The van der Waals surface area contributed by atoms with Crippen LogP contribution in [0.2, 0.25) is 0 Å².